The van der Waals surface area contributed by atoms with Crippen LogP contribution < -0.4 is 0 Å². The van der Waals surface area contributed by atoms with Gasteiger partial charge in [0.05, 0.1) is 0 Å². The van der Waals surface area contributed by atoms with Crippen molar-refractivity contribution in [2.45, 2.75) is 51.9 Å². The molecule has 0 amide bonds. The Balaban J connectivity index is 2.11. The lowest BCUT2D eigenvalue weighted by Crippen LogP contribution is -2.02. The lowest BCUT2D eigenvalue weighted by molar-refractivity contribution is -0.116. The van der Waals surface area contributed by atoms with Crippen LogP contribution in [0.1, 0.15) is 51.9 Å². The molecule has 0 aromatic carbocycles. The van der Waals surface area contributed by atoms with Crippen LogP contribution in [0, 0.1) is 5.92 Å². The third-order valence-corrected chi connectivity index (χ3v) is 2.72. The number of carbonyl (C=O) groups is 1. The van der Waals surface area contributed by atoms with E-state index in [0.29, 0.717) is 12.2 Å². The van der Waals surface area contributed by atoms with Crippen molar-refractivity contribution in [2.24, 2.45) is 5.92 Å². The standard InChI is InChI=1S/C12H20O/c1-11(13)7-5-6-10-12-8-3-2-4-9-12/h6,10,12H,2-5,7-9H2,1H3. The van der Waals surface area contributed by atoms with E-state index in [1.54, 1.807) is 6.92 Å². The Labute approximate surface area is 81.2 Å². The monoisotopic (exact) mass is 180 g/mol. The molecule has 0 heterocycles. The quantitative estimate of drug-likeness (QED) is 0.605. The lowest BCUT2D eigenvalue weighted by atomic mass is 9.89. The van der Waals surface area contributed by atoms with Gasteiger partial charge in [0.1, 0.15) is 5.78 Å². The van der Waals surface area contributed by atoms with Gasteiger partial charge in [0.2, 0.25) is 0 Å². The van der Waals surface area contributed by atoms with Gasteiger partial charge in [0.25, 0.3) is 0 Å². The van der Waals surface area contributed by atoms with Crippen LogP contribution in [-0.2, 0) is 4.79 Å². The van der Waals surface area contributed by atoms with E-state index in [2.05, 4.69) is 12.2 Å². The van der Waals surface area contributed by atoms with Gasteiger partial charge in [-0.05, 0) is 32.1 Å². The number of hydrogen-bond donors (Lipinski definition) is 0. The Kier molecular flexibility index (Phi) is 4.81. The van der Waals surface area contributed by atoms with Crippen molar-refractivity contribution in [1.82, 2.24) is 0 Å². The third kappa shape index (κ3) is 4.87. The fraction of sp³-hybridized carbons (Fsp3) is 0.750. The summed E-state index contributed by atoms with van der Waals surface area (Å²) in [4.78, 5) is 10.7. The van der Waals surface area contributed by atoms with Crippen LogP contribution in [-0.4, -0.2) is 5.78 Å². The van der Waals surface area contributed by atoms with Crippen molar-refractivity contribution in [1.29, 1.82) is 0 Å². The molecule has 0 spiro atoms. The zero-order chi connectivity index (χ0) is 9.52. The second kappa shape index (κ2) is 5.95. The topological polar surface area (TPSA) is 17.1 Å². The molecule has 0 bridgehead atoms. The number of ketones is 1. The maximum absolute atomic E-state index is 10.7. The molecule has 0 aliphatic heterocycles. The summed E-state index contributed by atoms with van der Waals surface area (Å²) in [6.07, 6.45) is 13.1. The first-order valence-corrected chi connectivity index (χ1v) is 5.45. The van der Waals surface area contributed by atoms with E-state index < -0.39 is 0 Å². The first-order valence-electron chi connectivity index (χ1n) is 5.45. The summed E-state index contributed by atoms with van der Waals surface area (Å²) in [7, 11) is 0. The van der Waals surface area contributed by atoms with Gasteiger partial charge in [-0.25, -0.2) is 0 Å². The van der Waals surface area contributed by atoms with E-state index in [-0.39, 0.29) is 0 Å². The largest absolute Gasteiger partial charge is 0.300 e. The number of hydrogen-bond acceptors (Lipinski definition) is 1. The Morgan fingerprint density at radius 2 is 2.00 bits per heavy atom. The second-order valence-electron chi connectivity index (χ2n) is 4.07. The molecule has 1 heteroatoms. The van der Waals surface area contributed by atoms with Crippen molar-refractivity contribution in [3.8, 4) is 0 Å². The fourth-order valence-corrected chi connectivity index (χ4v) is 1.90. The molecule has 0 saturated heterocycles. The van der Waals surface area contributed by atoms with Crippen molar-refractivity contribution in [3.05, 3.63) is 12.2 Å². The second-order valence-corrected chi connectivity index (χ2v) is 4.07. The number of allylic oxidation sites excluding steroid dienone is 2. The van der Waals surface area contributed by atoms with E-state index in [0.717, 1.165) is 12.3 Å². The zero-order valence-corrected chi connectivity index (χ0v) is 8.59. The first kappa shape index (κ1) is 10.5. The smallest absolute Gasteiger partial charge is 0.130 e. The zero-order valence-electron chi connectivity index (χ0n) is 8.59. The Bertz CT molecular complexity index is 176. The van der Waals surface area contributed by atoms with Crippen LogP contribution in [0.4, 0.5) is 0 Å². The summed E-state index contributed by atoms with van der Waals surface area (Å²) in [5.41, 5.74) is 0. The highest BCUT2D eigenvalue weighted by atomic mass is 16.1. The molecule has 1 saturated carbocycles. The molecular weight excluding hydrogens is 160 g/mol. The molecule has 1 rings (SSSR count). The van der Waals surface area contributed by atoms with Crippen LogP contribution in [0.25, 0.3) is 0 Å². The highest BCUT2D eigenvalue weighted by Crippen LogP contribution is 2.24. The van der Waals surface area contributed by atoms with Crippen LogP contribution >= 0.6 is 0 Å². The van der Waals surface area contributed by atoms with Gasteiger partial charge in [0.15, 0.2) is 0 Å². The van der Waals surface area contributed by atoms with Gasteiger partial charge >= 0.3 is 0 Å². The van der Waals surface area contributed by atoms with E-state index in [4.69, 9.17) is 0 Å². The van der Waals surface area contributed by atoms with E-state index >= 15 is 0 Å². The number of Topliss-reactive ketones (excluding diaryl/α,β-unsaturated/α-hetero) is 1. The van der Waals surface area contributed by atoms with Crippen LogP contribution in [0.5, 0.6) is 0 Å². The highest BCUT2D eigenvalue weighted by molar-refractivity contribution is 5.75. The highest BCUT2D eigenvalue weighted by Gasteiger charge is 2.09. The molecular formula is C12H20O. The Morgan fingerprint density at radius 3 is 2.62 bits per heavy atom. The molecule has 0 aromatic heterocycles. The van der Waals surface area contributed by atoms with Crippen molar-refractivity contribution in [2.75, 3.05) is 0 Å². The van der Waals surface area contributed by atoms with Gasteiger partial charge in [-0.15, -0.1) is 0 Å². The molecule has 1 aliphatic rings. The summed E-state index contributed by atoms with van der Waals surface area (Å²) in [5.74, 6) is 1.11. The molecule has 0 N–H and O–H groups in total. The van der Waals surface area contributed by atoms with E-state index in [1.807, 2.05) is 0 Å². The average Bonchev–Trinajstić information content (AvgIpc) is 2.14. The normalized spacial score (nSPS) is 19.5. The minimum atomic E-state index is 0.299. The van der Waals surface area contributed by atoms with Crippen molar-refractivity contribution < 1.29 is 4.79 Å². The SMILES string of the molecule is CC(=O)CCC=CC1CCCCC1. The number of rotatable bonds is 4. The molecule has 1 fully saturated rings. The molecule has 0 atom stereocenters. The molecule has 0 radical (unpaired) electrons. The van der Waals surface area contributed by atoms with Crippen molar-refractivity contribution in [3.63, 3.8) is 0 Å². The predicted octanol–water partition coefficient (Wildman–Crippen LogP) is 3.49. The van der Waals surface area contributed by atoms with Gasteiger partial charge in [-0.2, -0.15) is 0 Å². The molecule has 1 nitrogen and oxygen atoms in total. The van der Waals surface area contributed by atoms with Crippen molar-refractivity contribution >= 4 is 5.78 Å². The van der Waals surface area contributed by atoms with Crippen LogP contribution in [0.3, 0.4) is 0 Å². The first-order chi connectivity index (χ1) is 6.29. The maximum Gasteiger partial charge on any atom is 0.130 e. The minimum absolute atomic E-state index is 0.299. The van der Waals surface area contributed by atoms with Gasteiger partial charge in [-0.3, -0.25) is 0 Å². The Morgan fingerprint density at radius 1 is 1.31 bits per heavy atom. The molecule has 0 aromatic rings. The fourth-order valence-electron chi connectivity index (χ4n) is 1.90. The van der Waals surface area contributed by atoms with Gasteiger partial charge in [0, 0.05) is 6.42 Å². The molecule has 1 aliphatic carbocycles. The molecule has 0 unspecified atom stereocenters. The lowest BCUT2D eigenvalue weighted by Gasteiger charge is -2.17. The van der Waals surface area contributed by atoms with Crippen LogP contribution in [0.15, 0.2) is 12.2 Å². The third-order valence-electron chi connectivity index (χ3n) is 2.72. The molecule has 74 valence electrons. The Hall–Kier alpha value is -0.590. The summed E-state index contributed by atoms with van der Waals surface area (Å²) < 4.78 is 0. The summed E-state index contributed by atoms with van der Waals surface area (Å²) in [6.45, 7) is 1.66. The van der Waals surface area contributed by atoms with Gasteiger partial charge in [-0.1, -0.05) is 31.4 Å². The summed E-state index contributed by atoms with van der Waals surface area (Å²) in [6, 6.07) is 0. The van der Waals surface area contributed by atoms with E-state index in [1.165, 1.54) is 32.1 Å². The maximum atomic E-state index is 10.7. The average molecular weight is 180 g/mol. The predicted molar refractivity (Wildman–Crippen MR) is 55.6 cm³/mol. The number of carbonyl (C=O) groups excluding carboxylic acids is 1. The summed E-state index contributed by atoms with van der Waals surface area (Å²) >= 11 is 0. The van der Waals surface area contributed by atoms with E-state index in [9.17, 15) is 4.79 Å². The van der Waals surface area contributed by atoms with Gasteiger partial charge < -0.3 is 4.79 Å². The van der Waals surface area contributed by atoms with Crippen LogP contribution in [0.2, 0.25) is 0 Å². The minimum Gasteiger partial charge on any atom is -0.300 e. The summed E-state index contributed by atoms with van der Waals surface area (Å²) in [5, 5.41) is 0. The molecule has 13 heavy (non-hydrogen) atoms.